The van der Waals surface area contributed by atoms with Crippen LogP contribution in [0.5, 0.6) is 5.75 Å². The van der Waals surface area contributed by atoms with Crippen molar-refractivity contribution in [3.63, 3.8) is 0 Å². The zero-order chi connectivity index (χ0) is 17.2. The highest BCUT2D eigenvalue weighted by Crippen LogP contribution is 2.65. The van der Waals surface area contributed by atoms with Gasteiger partial charge >= 0.3 is 0 Å². The maximum atomic E-state index is 12.7. The van der Waals surface area contributed by atoms with E-state index in [2.05, 4.69) is 5.32 Å². The Bertz CT molecular complexity index is 757. The predicted molar refractivity (Wildman–Crippen MR) is 93.9 cm³/mol. The monoisotopic (exact) mass is 359 g/mol. The van der Waals surface area contributed by atoms with Crippen molar-refractivity contribution < 1.29 is 14.3 Å². The van der Waals surface area contributed by atoms with E-state index in [4.69, 9.17) is 16.3 Å². The smallest absolute Gasteiger partial charge is 0.224 e. The molecule has 4 atom stereocenters. The third-order valence-corrected chi connectivity index (χ3v) is 6.93. The number of carbonyl (C=O) groups is 2. The van der Waals surface area contributed by atoms with E-state index < -0.39 is 5.60 Å². The van der Waals surface area contributed by atoms with E-state index in [0.29, 0.717) is 34.7 Å². The van der Waals surface area contributed by atoms with E-state index in [1.54, 1.807) is 18.2 Å². The lowest BCUT2D eigenvalue weighted by Gasteiger charge is -2.37. The van der Waals surface area contributed by atoms with Crippen LogP contribution in [0.15, 0.2) is 18.2 Å². The first kappa shape index (κ1) is 15.7. The molecule has 4 aliphatic rings. The molecule has 1 amide bonds. The second-order valence-electron chi connectivity index (χ2n) is 8.15. The van der Waals surface area contributed by atoms with Crippen LogP contribution in [0, 0.1) is 17.8 Å². The van der Waals surface area contributed by atoms with Crippen molar-refractivity contribution in [3.8, 4) is 5.75 Å². The van der Waals surface area contributed by atoms with Gasteiger partial charge in [-0.2, -0.15) is 0 Å². The molecule has 0 saturated heterocycles. The molecule has 5 heteroatoms. The van der Waals surface area contributed by atoms with Gasteiger partial charge in [-0.1, -0.05) is 24.4 Å². The molecular formula is C20H22ClNO3. The van der Waals surface area contributed by atoms with Gasteiger partial charge in [0, 0.05) is 22.9 Å². The highest BCUT2D eigenvalue weighted by molar-refractivity contribution is 6.31. The fourth-order valence-electron chi connectivity index (χ4n) is 5.51. The van der Waals surface area contributed by atoms with Gasteiger partial charge in [0.15, 0.2) is 5.78 Å². The summed E-state index contributed by atoms with van der Waals surface area (Å²) in [5.41, 5.74) is 0.0921. The Morgan fingerprint density at radius 1 is 1.24 bits per heavy atom. The predicted octanol–water partition coefficient (Wildman–Crippen LogP) is 3.76. The molecule has 1 spiro atoms. The molecule has 1 N–H and O–H groups in total. The van der Waals surface area contributed by atoms with Crippen molar-refractivity contribution in [2.24, 2.45) is 17.8 Å². The molecule has 5 rings (SSSR count). The number of amides is 1. The number of rotatable bonds is 2. The second kappa shape index (κ2) is 5.47. The van der Waals surface area contributed by atoms with Crippen LogP contribution in [0.1, 0.15) is 55.3 Å². The highest BCUT2D eigenvalue weighted by atomic mass is 35.5. The van der Waals surface area contributed by atoms with Gasteiger partial charge < -0.3 is 10.1 Å². The Hall–Kier alpha value is -1.55. The number of nitrogens with one attached hydrogen (secondary N) is 1. The van der Waals surface area contributed by atoms with Crippen LogP contribution in [-0.2, 0) is 4.79 Å². The van der Waals surface area contributed by atoms with Crippen LogP contribution in [0.4, 0.5) is 0 Å². The molecule has 0 aromatic heterocycles. The molecule has 3 fully saturated rings. The van der Waals surface area contributed by atoms with Crippen molar-refractivity contribution >= 4 is 23.3 Å². The molecule has 132 valence electrons. The summed E-state index contributed by atoms with van der Waals surface area (Å²) in [5.74, 6) is 1.48. The first-order valence-corrected chi connectivity index (χ1v) is 9.77. The van der Waals surface area contributed by atoms with Crippen LogP contribution in [-0.4, -0.2) is 23.3 Å². The molecule has 0 unspecified atom stereocenters. The van der Waals surface area contributed by atoms with E-state index in [-0.39, 0.29) is 23.5 Å². The molecule has 1 aromatic carbocycles. The Morgan fingerprint density at radius 3 is 2.84 bits per heavy atom. The van der Waals surface area contributed by atoms with Gasteiger partial charge in [-0.05, 0) is 49.8 Å². The van der Waals surface area contributed by atoms with E-state index in [0.717, 1.165) is 25.7 Å². The number of Topliss-reactive ketones (excluding diaryl/α,β-unsaturated/α-hetero) is 1. The Balaban J connectivity index is 1.36. The first-order valence-electron chi connectivity index (χ1n) is 9.39. The van der Waals surface area contributed by atoms with Crippen molar-refractivity contribution in [1.29, 1.82) is 0 Å². The maximum Gasteiger partial charge on any atom is 0.224 e. The van der Waals surface area contributed by atoms with Crippen molar-refractivity contribution in [2.75, 3.05) is 0 Å². The van der Waals surface area contributed by atoms with E-state index in [9.17, 15) is 9.59 Å². The lowest BCUT2D eigenvalue weighted by Crippen LogP contribution is -2.45. The van der Waals surface area contributed by atoms with Crippen LogP contribution >= 0.6 is 11.6 Å². The highest BCUT2D eigenvalue weighted by Gasteiger charge is 2.70. The van der Waals surface area contributed by atoms with Gasteiger partial charge in [0.25, 0.3) is 0 Å². The first-order chi connectivity index (χ1) is 12.1. The Kier molecular flexibility index (Phi) is 3.43. The number of carbonyl (C=O) groups excluding carboxylic acids is 2. The van der Waals surface area contributed by atoms with Gasteiger partial charge in [-0.15, -0.1) is 0 Å². The molecule has 1 aromatic rings. The van der Waals surface area contributed by atoms with Crippen molar-refractivity contribution in [3.05, 3.63) is 28.8 Å². The molecule has 25 heavy (non-hydrogen) atoms. The minimum atomic E-state index is -0.486. The summed E-state index contributed by atoms with van der Waals surface area (Å²) in [6, 6.07) is 5.59. The quantitative estimate of drug-likeness (QED) is 0.874. The van der Waals surface area contributed by atoms with Crippen molar-refractivity contribution in [1.82, 2.24) is 5.32 Å². The average Bonchev–Trinajstić information content (AvgIpc) is 2.91. The van der Waals surface area contributed by atoms with Gasteiger partial charge in [-0.3, -0.25) is 9.59 Å². The molecule has 0 radical (unpaired) electrons. The fourth-order valence-corrected chi connectivity index (χ4v) is 5.68. The van der Waals surface area contributed by atoms with Gasteiger partial charge in [-0.25, -0.2) is 0 Å². The zero-order valence-corrected chi connectivity index (χ0v) is 14.8. The van der Waals surface area contributed by atoms with E-state index in [1.165, 1.54) is 12.8 Å². The fraction of sp³-hybridized carbons (Fsp3) is 0.600. The average molecular weight is 360 g/mol. The van der Waals surface area contributed by atoms with Crippen LogP contribution in [0.2, 0.25) is 5.02 Å². The molecule has 0 bridgehead atoms. The minimum Gasteiger partial charge on any atom is -0.486 e. The van der Waals surface area contributed by atoms with Crippen LogP contribution in [0.25, 0.3) is 0 Å². The summed E-state index contributed by atoms with van der Waals surface area (Å²) >= 11 is 6.02. The van der Waals surface area contributed by atoms with E-state index in [1.807, 2.05) is 0 Å². The number of hydrogen-bond donors (Lipinski definition) is 1. The van der Waals surface area contributed by atoms with Gasteiger partial charge in [0.2, 0.25) is 5.91 Å². The van der Waals surface area contributed by atoms with E-state index >= 15 is 0 Å². The second-order valence-corrected chi connectivity index (χ2v) is 8.59. The third kappa shape index (κ3) is 2.41. The van der Waals surface area contributed by atoms with Gasteiger partial charge in [0.05, 0.1) is 12.0 Å². The number of fused-ring (bicyclic) bond motifs is 3. The SMILES string of the molecule is O=C1C[C@]2(CC[C@@H]3[C@@H](C(=O)NC4CCCC4)[C@@H]32)Oc2ccc(Cl)cc21. The summed E-state index contributed by atoms with van der Waals surface area (Å²) in [6.45, 7) is 0. The largest absolute Gasteiger partial charge is 0.486 e. The number of hydrogen-bond acceptors (Lipinski definition) is 3. The molecule has 3 saturated carbocycles. The Labute approximate surface area is 152 Å². The number of ketones is 1. The molecule has 3 aliphatic carbocycles. The van der Waals surface area contributed by atoms with Crippen LogP contribution in [0.3, 0.4) is 0 Å². The molecule has 4 nitrogen and oxygen atoms in total. The number of halogens is 1. The van der Waals surface area contributed by atoms with Crippen LogP contribution < -0.4 is 10.1 Å². The topological polar surface area (TPSA) is 55.4 Å². The summed E-state index contributed by atoms with van der Waals surface area (Å²) in [4.78, 5) is 25.4. The maximum absolute atomic E-state index is 12.7. The zero-order valence-electron chi connectivity index (χ0n) is 14.1. The normalized spacial score (nSPS) is 36.0. The Morgan fingerprint density at radius 2 is 2.04 bits per heavy atom. The summed E-state index contributed by atoms with van der Waals surface area (Å²) < 4.78 is 6.35. The van der Waals surface area contributed by atoms with Gasteiger partial charge in [0.1, 0.15) is 11.4 Å². The molecule has 1 heterocycles. The minimum absolute atomic E-state index is 0.0241. The molecule has 1 aliphatic heterocycles. The summed E-state index contributed by atoms with van der Waals surface area (Å²) in [5, 5.41) is 3.78. The number of ether oxygens (including phenoxy) is 1. The number of benzene rings is 1. The third-order valence-electron chi connectivity index (χ3n) is 6.70. The summed E-state index contributed by atoms with van der Waals surface area (Å²) in [7, 11) is 0. The lowest BCUT2D eigenvalue weighted by atomic mass is 9.84. The lowest BCUT2D eigenvalue weighted by molar-refractivity contribution is -0.124. The van der Waals surface area contributed by atoms with Crippen molar-refractivity contribution in [2.45, 2.75) is 56.6 Å². The summed E-state index contributed by atoms with van der Waals surface area (Å²) in [6.07, 6.45) is 6.83. The molecular weight excluding hydrogens is 338 g/mol. The standard InChI is InChI=1S/C20H22ClNO3/c21-11-5-6-16-14(9-11)15(23)10-20(25-16)8-7-13-17(18(13)20)19(24)22-12-3-1-2-4-12/h5-6,9,12-13,17-18H,1-4,7-8,10H2,(H,22,24)/t13-,17-,18-,20+/m1/s1.